The van der Waals surface area contributed by atoms with E-state index >= 15 is 0 Å². The van der Waals surface area contributed by atoms with Gasteiger partial charge in [0.25, 0.3) is 5.91 Å². The first-order valence-electron chi connectivity index (χ1n) is 21.3. The number of aromatic hydroxyl groups is 1. The Morgan fingerprint density at radius 3 is 2.44 bits per heavy atom. The van der Waals surface area contributed by atoms with Crippen molar-refractivity contribution in [3.05, 3.63) is 94.7 Å². The van der Waals surface area contributed by atoms with Gasteiger partial charge >= 0.3 is 6.03 Å². The van der Waals surface area contributed by atoms with Gasteiger partial charge in [-0.3, -0.25) is 24.7 Å². The number of rotatable bonds is 8. The number of para-hydroxylation sites is 1. The van der Waals surface area contributed by atoms with Crippen LogP contribution in [0.15, 0.2) is 66.9 Å². The molecule has 16 nitrogen and oxygen atoms in total. The van der Waals surface area contributed by atoms with Crippen LogP contribution in [0.25, 0.3) is 22.2 Å². The lowest BCUT2D eigenvalue weighted by Gasteiger charge is -2.39. The number of imide groups is 1. The molecule has 0 spiro atoms. The second kappa shape index (κ2) is 17.0. The van der Waals surface area contributed by atoms with Crippen LogP contribution in [-0.4, -0.2) is 125 Å². The summed E-state index contributed by atoms with van der Waals surface area (Å²) in [7, 11) is 0. The van der Waals surface area contributed by atoms with Crippen molar-refractivity contribution in [2.75, 3.05) is 81.1 Å². The number of amides is 4. The third-order valence-electron chi connectivity index (χ3n) is 12.6. The van der Waals surface area contributed by atoms with Crippen molar-refractivity contribution in [3.63, 3.8) is 0 Å². The molecule has 324 valence electrons. The van der Waals surface area contributed by atoms with Crippen molar-refractivity contribution in [1.82, 2.24) is 29.9 Å². The summed E-state index contributed by atoms with van der Waals surface area (Å²) < 4.78 is 21.2. The average molecular weight is 844 g/mol. The number of morpholine rings is 1. The molecule has 4 N–H and O–H groups in total. The van der Waals surface area contributed by atoms with E-state index in [4.69, 9.17) is 19.9 Å². The molecule has 3 aromatic carbocycles. The van der Waals surface area contributed by atoms with Crippen LogP contribution >= 0.6 is 0 Å². The third-order valence-corrected chi connectivity index (χ3v) is 12.6. The molecule has 0 saturated carbocycles. The molecule has 9 rings (SSSR count). The Balaban J connectivity index is 0.790. The fourth-order valence-corrected chi connectivity index (χ4v) is 9.21. The molecule has 5 aromatic rings. The van der Waals surface area contributed by atoms with E-state index in [1.165, 1.54) is 0 Å². The fraction of sp³-hybridized carbons (Fsp3) is 0.413. The molecule has 4 aliphatic rings. The molecule has 62 heavy (non-hydrogen) atoms. The highest BCUT2D eigenvalue weighted by molar-refractivity contribution is 6.06. The molecule has 6 heterocycles. The highest BCUT2D eigenvalue weighted by atomic mass is 16.7. The number of nitrogens with two attached hydrogens (primary N) is 1. The van der Waals surface area contributed by atoms with Crippen molar-refractivity contribution in [1.29, 1.82) is 0 Å². The largest absolute Gasteiger partial charge is 0.507 e. The number of phenols is 1. The molecule has 4 fully saturated rings. The lowest BCUT2D eigenvalue weighted by molar-refractivity contribution is -0.203. The summed E-state index contributed by atoms with van der Waals surface area (Å²) in [5.74, 6) is 0.194. The van der Waals surface area contributed by atoms with Gasteiger partial charge in [0.15, 0.2) is 12.1 Å². The van der Waals surface area contributed by atoms with Crippen LogP contribution in [0.1, 0.15) is 58.1 Å². The number of ether oxygens (including phenoxy) is 3. The van der Waals surface area contributed by atoms with E-state index in [-0.39, 0.29) is 48.5 Å². The number of carbonyl (C=O) groups is 3. The molecular weight excluding hydrogens is 791 g/mol. The molecule has 2 atom stereocenters. The number of aryl methyl sites for hydroxylation is 3. The second-order valence-corrected chi connectivity index (χ2v) is 16.9. The highest BCUT2D eigenvalue weighted by Crippen LogP contribution is 2.37. The number of phenolic OH excluding ortho intramolecular Hbond substituents is 1. The van der Waals surface area contributed by atoms with Crippen LogP contribution < -0.4 is 20.9 Å². The number of anilines is 3. The minimum Gasteiger partial charge on any atom is -0.507 e. The predicted octanol–water partition coefficient (Wildman–Crippen LogP) is 5.10. The van der Waals surface area contributed by atoms with Gasteiger partial charge in [-0.05, 0) is 92.4 Å². The third kappa shape index (κ3) is 8.18. The summed E-state index contributed by atoms with van der Waals surface area (Å²) in [6.07, 6.45) is 1.63. The van der Waals surface area contributed by atoms with Gasteiger partial charge in [-0.15, -0.1) is 10.2 Å². The zero-order valence-corrected chi connectivity index (χ0v) is 35.5. The van der Waals surface area contributed by atoms with Gasteiger partial charge in [0.05, 0.1) is 36.7 Å². The molecule has 4 saturated heterocycles. The van der Waals surface area contributed by atoms with Gasteiger partial charge in [-0.1, -0.05) is 18.2 Å². The molecule has 4 amide bonds. The summed E-state index contributed by atoms with van der Waals surface area (Å²) >= 11 is 0. The number of nitrogens with one attached hydrogen (secondary N) is 1. The Morgan fingerprint density at radius 2 is 1.68 bits per heavy atom. The summed E-state index contributed by atoms with van der Waals surface area (Å²) in [4.78, 5) is 46.1. The number of nitrogens with zero attached hydrogens (tertiary/aromatic N) is 7. The standard InChI is InChI=1S/C46H53N9O7/c1-27-18-36(28(2)17-35(27)41-23-53(22-30(4)62-41)39-20-37(49-50-44(39)47)33-7-5-6-8-40(33)56)45(58)52-15-13-51(14-16-52)24-43-60-25-32(26-61-43)55-21-29(3)34-19-31(9-10-38(34)55)54-12-11-42(57)48-46(54)59/h5-10,17-21,30,32,41,43,56H,11-16,22-26H2,1-4H3,(H2,47,50)(H,48,57,59)/t30-,32?,41-,43?/m0/s1. The quantitative estimate of drug-likeness (QED) is 0.189. The Kier molecular flexibility index (Phi) is 11.3. The number of aromatic nitrogens is 3. The van der Waals surface area contributed by atoms with Crippen LogP contribution in [0.5, 0.6) is 5.75 Å². The number of hydrogen-bond acceptors (Lipinski definition) is 12. The average Bonchev–Trinajstić information content (AvgIpc) is 3.60. The first kappa shape index (κ1) is 41.3. The van der Waals surface area contributed by atoms with Crippen LogP contribution in [-0.2, 0) is 19.0 Å². The summed E-state index contributed by atoms with van der Waals surface area (Å²) in [6.45, 7) is 13.8. The maximum Gasteiger partial charge on any atom is 0.328 e. The van der Waals surface area contributed by atoms with Crippen molar-refractivity contribution in [2.45, 2.75) is 58.7 Å². The first-order valence-corrected chi connectivity index (χ1v) is 21.3. The monoisotopic (exact) mass is 843 g/mol. The molecule has 16 heteroatoms. The lowest BCUT2D eigenvalue weighted by atomic mass is 9.94. The summed E-state index contributed by atoms with van der Waals surface area (Å²) in [5.41, 5.74) is 14.7. The molecule has 0 bridgehead atoms. The maximum absolute atomic E-state index is 14.0. The summed E-state index contributed by atoms with van der Waals surface area (Å²) in [5, 5.41) is 22.4. The van der Waals surface area contributed by atoms with Gasteiger partial charge < -0.3 is 39.4 Å². The van der Waals surface area contributed by atoms with Crippen LogP contribution in [0.3, 0.4) is 0 Å². The first-order chi connectivity index (χ1) is 29.9. The zero-order chi connectivity index (χ0) is 43.2. The van der Waals surface area contributed by atoms with Gasteiger partial charge in [0.2, 0.25) is 5.91 Å². The number of nitrogen functional groups attached to an aromatic ring is 1. The van der Waals surface area contributed by atoms with Crippen LogP contribution in [0.4, 0.5) is 22.0 Å². The molecular formula is C46H53N9O7. The van der Waals surface area contributed by atoms with E-state index in [0.717, 1.165) is 44.5 Å². The van der Waals surface area contributed by atoms with E-state index in [2.05, 4.69) is 42.1 Å². The SMILES string of the molecule is Cc1cc([C@@H]2CN(c3cc(-c4ccccc4O)nnc3N)C[C@H](C)O2)c(C)cc1C(=O)N1CCN(CC2OCC(n3cc(C)c4cc(N5CCC(=O)NC5=O)ccc43)CO2)CC1. The zero-order valence-electron chi connectivity index (χ0n) is 35.5. The molecule has 0 radical (unpaired) electrons. The van der Waals surface area contributed by atoms with Crippen molar-refractivity contribution in [3.8, 4) is 17.0 Å². The Morgan fingerprint density at radius 1 is 0.903 bits per heavy atom. The number of fused-ring (bicyclic) bond motifs is 1. The Labute approximate surface area is 360 Å². The number of hydrogen-bond donors (Lipinski definition) is 3. The van der Waals surface area contributed by atoms with Crippen LogP contribution in [0, 0.1) is 20.8 Å². The minimum atomic E-state index is -0.398. The van der Waals surface area contributed by atoms with Crippen molar-refractivity contribution < 1.29 is 33.7 Å². The number of benzene rings is 3. The predicted molar refractivity (Wildman–Crippen MR) is 234 cm³/mol. The summed E-state index contributed by atoms with van der Waals surface area (Å²) in [6, 6.07) is 18.5. The second-order valence-electron chi connectivity index (χ2n) is 16.9. The van der Waals surface area contributed by atoms with Gasteiger partial charge in [0.1, 0.15) is 11.9 Å². The topological polar surface area (TPSA) is 181 Å². The van der Waals surface area contributed by atoms with Gasteiger partial charge in [0, 0.05) is 92.7 Å². The number of carbonyl (C=O) groups excluding carboxylic acids is 3. The number of piperazine rings is 1. The number of urea groups is 1. The Hall–Kier alpha value is -6.07. The van der Waals surface area contributed by atoms with Gasteiger partial charge in [-0.2, -0.15) is 0 Å². The molecule has 2 aromatic heterocycles. The van der Waals surface area contributed by atoms with Gasteiger partial charge in [-0.25, -0.2) is 4.79 Å². The fourth-order valence-electron chi connectivity index (χ4n) is 9.21. The molecule has 4 aliphatic heterocycles. The normalized spacial score (nSPS) is 22.6. The van der Waals surface area contributed by atoms with Crippen molar-refractivity contribution >= 4 is 45.9 Å². The highest BCUT2D eigenvalue weighted by Gasteiger charge is 2.33. The van der Waals surface area contributed by atoms with E-state index in [0.29, 0.717) is 88.2 Å². The van der Waals surface area contributed by atoms with E-state index in [1.54, 1.807) is 23.1 Å². The lowest BCUT2D eigenvalue weighted by Crippen LogP contribution is -2.51. The minimum absolute atomic E-state index is 0.00867. The molecule has 0 aliphatic carbocycles. The maximum atomic E-state index is 14.0. The molecule has 0 unspecified atom stereocenters. The van der Waals surface area contributed by atoms with E-state index in [1.807, 2.05) is 69.0 Å². The van der Waals surface area contributed by atoms with Crippen LogP contribution in [0.2, 0.25) is 0 Å². The van der Waals surface area contributed by atoms with E-state index in [9.17, 15) is 19.5 Å². The van der Waals surface area contributed by atoms with Crippen molar-refractivity contribution in [2.24, 2.45) is 0 Å². The smallest absolute Gasteiger partial charge is 0.328 e. The van der Waals surface area contributed by atoms with E-state index < -0.39 is 6.03 Å². The Bertz CT molecular complexity index is 2530.